The Bertz CT molecular complexity index is 1420. The molecule has 10 heteroatoms. The van der Waals surface area contributed by atoms with Gasteiger partial charge in [0.1, 0.15) is 17.5 Å². The number of Topliss-reactive ketones (excluding diaryl/α,β-unsaturated/α-hetero) is 2. The van der Waals surface area contributed by atoms with Gasteiger partial charge in [-0.25, -0.2) is 4.39 Å². The highest BCUT2D eigenvalue weighted by atomic mass is 19.1. The van der Waals surface area contributed by atoms with Gasteiger partial charge in [0.2, 0.25) is 11.7 Å². The van der Waals surface area contributed by atoms with E-state index in [-0.39, 0.29) is 23.4 Å². The minimum Gasteiger partial charge on any atom is -0.497 e. The Kier molecular flexibility index (Phi) is 7.96. The summed E-state index contributed by atoms with van der Waals surface area (Å²) in [5.41, 5.74) is 0.906. The fourth-order valence-corrected chi connectivity index (χ4v) is 4.57. The van der Waals surface area contributed by atoms with Crippen molar-refractivity contribution < 1.29 is 38.2 Å². The van der Waals surface area contributed by atoms with E-state index in [0.717, 1.165) is 9.80 Å². The van der Waals surface area contributed by atoms with Crippen molar-refractivity contribution in [2.75, 3.05) is 25.2 Å². The maximum absolute atomic E-state index is 13.7. The third-order valence-corrected chi connectivity index (χ3v) is 6.52. The van der Waals surface area contributed by atoms with E-state index in [2.05, 4.69) is 0 Å². The van der Waals surface area contributed by atoms with Crippen LogP contribution in [-0.4, -0.2) is 59.6 Å². The fraction of sp³-hybridized carbons (Fsp3) is 0.207. The molecule has 0 bridgehead atoms. The molecular formula is C29H25FN2O7. The molecule has 1 aliphatic rings. The summed E-state index contributed by atoms with van der Waals surface area (Å²) in [6.07, 6.45) is 0. The Labute approximate surface area is 223 Å². The lowest BCUT2D eigenvalue weighted by Crippen LogP contribution is -2.37. The molecule has 9 nitrogen and oxygen atoms in total. The number of hydrogen-bond acceptors (Lipinski definition) is 7. The summed E-state index contributed by atoms with van der Waals surface area (Å²) >= 11 is 0. The maximum atomic E-state index is 13.7. The normalized spacial score (nSPS) is 16.8. The minimum atomic E-state index is -1.41. The second-order valence-electron chi connectivity index (χ2n) is 8.85. The van der Waals surface area contributed by atoms with Crippen molar-refractivity contribution in [2.24, 2.45) is 5.92 Å². The van der Waals surface area contributed by atoms with Crippen molar-refractivity contribution >= 4 is 35.0 Å². The van der Waals surface area contributed by atoms with E-state index in [1.165, 1.54) is 74.7 Å². The molecule has 0 spiro atoms. The van der Waals surface area contributed by atoms with E-state index < -0.39 is 53.7 Å². The van der Waals surface area contributed by atoms with Crippen LogP contribution in [0.4, 0.5) is 10.1 Å². The van der Waals surface area contributed by atoms with Crippen molar-refractivity contribution in [1.82, 2.24) is 4.90 Å². The van der Waals surface area contributed by atoms with Crippen LogP contribution in [0.2, 0.25) is 0 Å². The first-order valence-corrected chi connectivity index (χ1v) is 12.0. The highest BCUT2D eigenvalue weighted by Crippen LogP contribution is 2.41. The van der Waals surface area contributed by atoms with Gasteiger partial charge in [0.15, 0.2) is 5.78 Å². The SMILES string of the molecule is COc1ccc(C(=O)C2C(=O)C(=O)N(c3ccc(C(=O)N(CCO)C(C)=O)cc3)C2c2ccc(F)cc2)cc1. The molecular weight excluding hydrogens is 507 g/mol. The lowest BCUT2D eigenvalue weighted by molar-refractivity contribution is -0.135. The summed E-state index contributed by atoms with van der Waals surface area (Å²) < 4.78 is 18.9. The highest BCUT2D eigenvalue weighted by molar-refractivity contribution is 6.49. The van der Waals surface area contributed by atoms with Crippen LogP contribution in [-0.2, 0) is 14.4 Å². The molecule has 3 aromatic rings. The van der Waals surface area contributed by atoms with Crippen LogP contribution in [0.1, 0.15) is 39.2 Å². The Hall–Kier alpha value is -4.70. The van der Waals surface area contributed by atoms with Gasteiger partial charge in [-0.15, -0.1) is 0 Å². The van der Waals surface area contributed by atoms with Gasteiger partial charge in [-0.1, -0.05) is 12.1 Å². The minimum absolute atomic E-state index is 0.115. The van der Waals surface area contributed by atoms with Crippen LogP contribution >= 0.6 is 0 Å². The summed E-state index contributed by atoms with van der Waals surface area (Å²) in [7, 11) is 1.47. The molecule has 200 valence electrons. The lowest BCUT2D eigenvalue weighted by atomic mass is 9.86. The molecule has 0 aliphatic carbocycles. The van der Waals surface area contributed by atoms with Crippen LogP contribution in [0.3, 0.4) is 0 Å². The predicted molar refractivity (Wildman–Crippen MR) is 138 cm³/mol. The lowest BCUT2D eigenvalue weighted by Gasteiger charge is -2.27. The number of methoxy groups -OCH3 is 1. The third-order valence-electron chi connectivity index (χ3n) is 6.52. The molecule has 0 aromatic heterocycles. The number of anilines is 1. The number of benzene rings is 3. The van der Waals surface area contributed by atoms with Crippen LogP contribution < -0.4 is 9.64 Å². The average molecular weight is 533 g/mol. The number of carbonyl (C=O) groups is 5. The maximum Gasteiger partial charge on any atom is 0.295 e. The summed E-state index contributed by atoms with van der Waals surface area (Å²) in [4.78, 5) is 66.7. The van der Waals surface area contributed by atoms with E-state index in [9.17, 15) is 33.5 Å². The average Bonchev–Trinajstić information content (AvgIpc) is 3.21. The molecule has 1 aliphatic heterocycles. The van der Waals surface area contributed by atoms with Gasteiger partial charge in [0, 0.05) is 23.7 Å². The number of ether oxygens (including phenoxy) is 1. The third kappa shape index (κ3) is 5.32. The fourth-order valence-electron chi connectivity index (χ4n) is 4.57. The monoisotopic (exact) mass is 532 g/mol. The smallest absolute Gasteiger partial charge is 0.295 e. The van der Waals surface area contributed by atoms with Gasteiger partial charge in [0.05, 0.1) is 26.3 Å². The van der Waals surface area contributed by atoms with Crippen LogP contribution in [0.15, 0.2) is 72.8 Å². The summed E-state index contributed by atoms with van der Waals surface area (Å²) in [5, 5.41) is 9.18. The van der Waals surface area contributed by atoms with Crippen LogP contribution in [0.25, 0.3) is 0 Å². The summed E-state index contributed by atoms with van der Waals surface area (Å²) in [5.74, 6) is -5.05. The zero-order valence-corrected chi connectivity index (χ0v) is 21.2. The quantitative estimate of drug-likeness (QED) is 0.269. The molecule has 3 amide bonds. The first-order chi connectivity index (χ1) is 18.7. The molecule has 2 atom stereocenters. The Morgan fingerprint density at radius 2 is 1.51 bits per heavy atom. The Balaban J connectivity index is 1.74. The molecule has 39 heavy (non-hydrogen) atoms. The number of halogens is 1. The molecule has 0 radical (unpaired) electrons. The van der Waals surface area contributed by atoms with E-state index in [1.807, 2.05) is 0 Å². The summed E-state index contributed by atoms with van der Waals surface area (Å²) in [6.45, 7) is 0.608. The predicted octanol–water partition coefficient (Wildman–Crippen LogP) is 2.97. The van der Waals surface area contributed by atoms with Crippen molar-refractivity contribution in [3.8, 4) is 5.75 Å². The van der Waals surface area contributed by atoms with E-state index in [4.69, 9.17) is 4.74 Å². The van der Waals surface area contributed by atoms with Gasteiger partial charge < -0.3 is 9.84 Å². The van der Waals surface area contributed by atoms with Gasteiger partial charge in [-0.05, 0) is 66.2 Å². The largest absolute Gasteiger partial charge is 0.497 e. The number of aliphatic hydroxyl groups excluding tert-OH is 1. The molecule has 0 saturated carbocycles. The van der Waals surface area contributed by atoms with E-state index >= 15 is 0 Å². The number of carbonyl (C=O) groups excluding carboxylic acids is 5. The second kappa shape index (κ2) is 11.4. The van der Waals surface area contributed by atoms with E-state index in [1.54, 1.807) is 12.1 Å². The first-order valence-electron chi connectivity index (χ1n) is 12.0. The molecule has 1 N–H and O–H groups in total. The van der Waals surface area contributed by atoms with Crippen molar-refractivity contribution in [2.45, 2.75) is 13.0 Å². The summed E-state index contributed by atoms with van der Waals surface area (Å²) in [6, 6.07) is 15.8. The number of amides is 3. The molecule has 1 heterocycles. The van der Waals surface area contributed by atoms with Gasteiger partial charge in [0.25, 0.3) is 11.8 Å². The first kappa shape index (κ1) is 27.3. The topological polar surface area (TPSA) is 121 Å². The molecule has 1 fully saturated rings. The number of imide groups is 1. The molecule has 3 aromatic carbocycles. The second-order valence-corrected chi connectivity index (χ2v) is 8.85. The standard InChI is InChI=1S/C29H25FN2O7/c1-17(34)31(15-16-33)28(37)20-5-11-22(12-6-20)32-25(18-3-9-21(30)10-4-18)24(27(36)29(32)38)26(35)19-7-13-23(39-2)14-8-19/h3-14,24-25,33H,15-16H2,1-2H3. The Morgan fingerprint density at radius 1 is 0.923 bits per heavy atom. The van der Waals surface area contributed by atoms with Crippen molar-refractivity contribution in [3.05, 3.63) is 95.3 Å². The van der Waals surface area contributed by atoms with Gasteiger partial charge >= 0.3 is 0 Å². The van der Waals surface area contributed by atoms with Gasteiger partial charge in [-0.2, -0.15) is 0 Å². The van der Waals surface area contributed by atoms with Crippen LogP contribution in [0, 0.1) is 11.7 Å². The zero-order valence-electron chi connectivity index (χ0n) is 21.2. The number of hydrogen-bond donors (Lipinski definition) is 1. The van der Waals surface area contributed by atoms with Gasteiger partial charge in [-0.3, -0.25) is 33.8 Å². The molecule has 4 rings (SSSR count). The number of rotatable bonds is 8. The Morgan fingerprint density at radius 3 is 2.05 bits per heavy atom. The highest BCUT2D eigenvalue weighted by Gasteiger charge is 2.52. The molecule has 1 saturated heterocycles. The number of aliphatic hydroxyl groups is 1. The zero-order chi connectivity index (χ0) is 28.3. The van der Waals surface area contributed by atoms with E-state index in [0.29, 0.717) is 11.3 Å². The number of ketones is 2. The van der Waals surface area contributed by atoms with Crippen LogP contribution in [0.5, 0.6) is 5.75 Å². The molecule has 2 unspecified atom stereocenters. The van der Waals surface area contributed by atoms with Crippen molar-refractivity contribution in [3.63, 3.8) is 0 Å². The van der Waals surface area contributed by atoms with Crippen molar-refractivity contribution in [1.29, 1.82) is 0 Å². The number of nitrogens with zero attached hydrogens (tertiary/aromatic N) is 2.